The zero-order chi connectivity index (χ0) is 14.0. The molecule has 4 nitrogen and oxygen atoms in total. The fraction of sp³-hybridized carbons (Fsp3) is 0.867. The molecular weight excluding hydrogens is 242 g/mol. The van der Waals surface area contributed by atoms with Gasteiger partial charge in [-0.05, 0) is 44.4 Å². The van der Waals surface area contributed by atoms with E-state index in [4.69, 9.17) is 0 Å². The summed E-state index contributed by atoms with van der Waals surface area (Å²) in [5, 5.41) is 9.32. The number of rotatable bonds is 6. The molecule has 4 heteroatoms. The Bertz CT molecular complexity index is 351. The van der Waals surface area contributed by atoms with Gasteiger partial charge in [-0.25, -0.2) is 0 Å². The highest BCUT2D eigenvalue weighted by molar-refractivity contribution is 5.85. The van der Waals surface area contributed by atoms with Crippen molar-refractivity contribution in [2.24, 2.45) is 23.7 Å². The third-order valence-electron chi connectivity index (χ3n) is 4.74. The van der Waals surface area contributed by atoms with Crippen molar-refractivity contribution >= 4 is 11.9 Å². The second-order valence-corrected chi connectivity index (χ2v) is 6.12. The number of carboxylic acids is 1. The first-order valence-electron chi connectivity index (χ1n) is 7.58. The highest BCUT2D eigenvalue weighted by Crippen LogP contribution is 2.40. The minimum atomic E-state index is -0.795. The summed E-state index contributed by atoms with van der Waals surface area (Å²) in [4.78, 5) is 25.8. The fourth-order valence-electron chi connectivity index (χ4n) is 3.24. The Balaban J connectivity index is 2.03. The molecular formula is C15H25NO3. The van der Waals surface area contributed by atoms with Gasteiger partial charge >= 0.3 is 5.97 Å². The molecule has 0 bridgehead atoms. The van der Waals surface area contributed by atoms with E-state index >= 15 is 0 Å². The summed E-state index contributed by atoms with van der Waals surface area (Å²) in [5.74, 6) is -0.411. The molecule has 2 fully saturated rings. The van der Waals surface area contributed by atoms with Gasteiger partial charge in [0.1, 0.15) is 0 Å². The lowest BCUT2D eigenvalue weighted by Gasteiger charge is -2.26. The van der Waals surface area contributed by atoms with Crippen molar-refractivity contribution < 1.29 is 14.7 Å². The summed E-state index contributed by atoms with van der Waals surface area (Å²) in [6.07, 6.45) is 4.84. The van der Waals surface area contributed by atoms with Crippen molar-refractivity contribution in [3.05, 3.63) is 0 Å². The third kappa shape index (κ3) is 3.28. The highest BCUT2D eigenvalue weighted by atomic mass is 16.4. The number of carboxylic acid groups (broad SMARTS) is 1. The maximum Gasteiger partial charge on any atom is 0.307 e. The van der Waals surface area contributed by atoms with Gasteiger partial charge in [0.05, 0.1) is 11.8 Å². The summed E-state index contributed by atoms with van der Waals surface area (Å²) in [6.45, 7) is 5.60. The SMILES string of the molecule is CCC1CC(C(=O)O)C(C(=O)N(CC)CC2CC2)C1. The topological polar surface area (TPSA) is 57.6 Å². The molecule has 0 radical (unpaired) electrons. The first kappa shape index (κ1) is 14.4. The number of hydrogen-bond donors (Lipinski definition) is 1. The van der Waals surface area contributed by atoms with E-state index in [1.54, 1.807) is 0 Å². The normalized spacial score (nSPS) is 30.3. The van der Waals surface area contributed by atoms with Crippen LogP contribution in [0.5, 0.6) is 0 Å². The molecule has 19 heavy (non-hydrogen) atoms. The quantitative estimate of drug-likeness (QED) is 0.804. The molecule has 2 saturated carbocycles. The molecule has 0 heterocycles. The number of carbonyl (C=O) groups is 2. The van der Waals surface area contributed by atoms with Crippen LogP contribution < -0.4 is 0 Å². The van der Waals surface area contributed by atoms with Gasteiger partial charge in [0.25, 0.3) is 0 Å². The van der Waals surface area contributed by atoms with Crippen molar-refractivity contribution in [1.82, 2.24) is 4.90 Å². The van der Waals surface area contributed by atoms with Crippen LogP contribution in [0.1, 0.15) is 46.0 Å². The lowest BCUT2D eigenvalue weighted by molar-refractivity contribution is -0.149. The lowest BCUT2D eigenvalue weighted by atomic mass is 9.94. The van der Waals surface area contributed by atoms with Crippen LogP contribution >= 0.6 is 0 Å². The number of nitrogens with zero attached hydrogens (tertiary/aromatic N) is 1. The maximum absolute atomic E-state index is 12.6. The Morgan fingerprint density at radius 1 is 1.11 bits per heavy atom. The summed E-state index contributed by atoms with van der Waals surface area (Å²) in [5.41, 5.74) is 0. The number of hydrogen-bond acceptors (Lipinski definition) is 2. The average Bonchev–Trinajstić information content (AvgIpc) is 3.10. The zero-order valence-corrected chi connectivity index (χ0v) is 12.0. The molecule has 1 amide bonds. The van der Waals surface area contributed by atoms with E-state index in [0.717, 1.165) is 19.4 Å². The molecule has 1 N–H and O–H groups in total. The second-order valence-electron chi connectivity index (χ2n) is 6.12. The zero-order valence-electron chi connectivity index (χ0n) is 12.0. The third-order valence-corrected chi connectivity index (χ3v) is 4.74. The van der Waals surface area contributed by atoms with E-state index in [-0.39, 0.29) is 11.8 Å². The maximum atomic E-state index is 12.6. The Kier molecular flexibility index (Phi) is 4.48. The monoisotopic (exact) mass is 267 g/mol. The van der Waals surface area contributed by atoms with E-state index in [2.05, 4.69) is 6.92 Å². The van der Waals surface area contributed by atoms with Crippen molar-refractivity contribution in [2.45, 2.75) is 46.0 Å². The Morgan fingerprint density at radius 2 is 1.74 bits per heavy atom. The molecule has 2 rings (SSSR count). The van der Waals surface area contributed by atoms with Crippen LogP contribution in [0.25, 0.3) is 0 Å². The Hall–Kier alpha value is -1.06. The molecule has 0 aromatic carbocycles. The van der Waals surface area contributed by atoms with Crippen molar-refractivity contribution in [1.29, 1.82) is 0 Å². The minimum absolute atomic E-state index is 0.0813. The van der Waals surface area contributed by atoms with Crippen LogP contribution in [-0.4, -0.2) is 35.0 Å². The summed E-state index contributed by atoms with van der Waals surface area (Å²) in [6, 6.07) is 0. The van der Waals surface area contributed by atoms with Gasteiger partial charge in [-0.15, -0.1) is 0 Å². The Morgan fingerprint density at radius 3 is 2.21 bits per heavy atom. The second kappa shape index (κ2) is 5.93. The first-order valence-corrected chi connectivity index (χ1v) is 7.58. The van der Waals surface area contributed by atoms with Gasteiger partial charge < -0.3 is 10.0 Å². The van der Waals surface area contributed by atoms with Crippen LogP contribution in [0.4, 0.5) is 0 Å². The molecule has 108 valence electrons. The van der Waals surface area contributed by atoms with Crippen molar-refractivity contribution in [3.8, 4) is 0 Å². The van der Waals surface area contributed by atoms with Gasteiger partial charge in [0.2, 0.25) is 5.91 Å². The van der Waals surface area contributed by atoms with Gasteiger partial charge in [-0.2, -0.15) is 0 Å². The minimum Gasteiger partial charge on any atom is -0.481 e. The molecule has 0 saturated heterocycles. The van der Waals surface area contributed by atoms with Gasteiger partial charge in [0.15, 0.2) is 0 Å². The molecule has 2 aliphatic rings. The van der Waals surface area contributed by atoms with Crippen LogP contribution in [0.15, 0.2) is 0 Å². The molecule has 3 unspecified atom stereocenters. The van der Waals surface area contributed by atoms with E-state index in [1.807, 2.05) is 11.8 Å². The first-order chi connectivity index (χ1) is 9.06. The smallest absolute Gasteiger partial charge is 0.307 e. The molecule has 3 atom stereocenters. The highest BCUT2D eigenvalue weighted by Gasteiger charge is 2.43. The average molecular weight is 267 g/mol. The molecule has 0 aromatic rings. The van der Waals surface area contributed by atoms with E-state index in [0.29, 0.717) is 24.8 Å². The van der Waals surface area contributed by atoms with Crippen LogP contribution in [0.3, 0.4) is 0 Å². The van der Waals surface area contributed by atoms with Crippen LogP contribution in [0, 0.1) is 23.7 Å². The predicted molar refractivity (Wildman–Crippen MR) is 72.6 cm³/mol. The fourth-order valence-corrected chi connectivity index (χ4v) is 3.24. The largest absolute Gasteiger partial charge is 0.481 e. The van der Waals surface area contributed by atoms with Gasteiger partial charge in [-0.1, -0.05) is 13.3 Å². The van der Waals surface area contributed by atoms with E-state index in [1.165, 1.54) is 12.8 Å². The molecule has 2 aliphatic carbocycles. The number of aliphatic carboxylic acids is 1. The standard InChI is InChI=1S/C15H25NO3/c1-3-10-7-12(13(8-10)15(18)19)14(17)16(4-2)9-11-5-6-11/h10-13H,3-9H2,1-2H3,(H,18,19). The molecule has 0 aliphatic heterocycles. The summed E-state index contributed by atoms with van der Waals surface area (Å²) >= 11 is 0. The Labute approximate surface area is 115 Å². The number of amides is 1. The summed E-state index contributed by atoms with van der Waals surface area (Å²) in [7, 11) is 0. The lowest BCUT2D eigenvalue weighted by Crippen LogP contribution is -2.40. The predicted octanol–water partition coefficient (Wildman–Crippen LogP) is 2.38. The van der Waals surface area contributed by atoms with Gasteiger partial charge in [-0.3, -0.25) is 9.59 Å². The number of carbonyl (C=O) groups excluding carboxylic acids is 1. The van der Waals surface area contributed by atoms with Crippen molar-refractivity contribution in [2.75, 3.05) is 13.1 Å². The van der Waals surface area contributed by atoms with Crippen molar-refractivity contribution in [3.63, 3.8) is 0 Å². The van der Waals surface area contributed by atoms with Crippen LogP contribution in [0.2, 0.25) is 0 Å². The van der Waals surface area contributed by atoms with Crippen LogP contribution in [-0.2, 0) is 9.59 Å². The van der Waals surface area contributed by atoms with Gasteiger partial charge in [0, 0.05) is 13.1 Å². The molecule has 0 spiro atoms. The molecule has 0 aromatic heterocycles. The van der Waals surface area contributed by atoms with E-state index < -0.39 is 11.9 Å². The summed E-state index contributed by atoms with van der Waals surface area (Å²) < 4.78 is 0. The van der Waals surface area contributed by atoms with E-state index in [9.17, 15) is 14.7 Å².